The van der Waals surface area contributed by atoms with Crippen LogP contribution in [0.3, 0.4) is 0 Å². The maximum Gasteiger partial charge on any atom is 0.410 e. The maximum atomic E-state index is 13.3. The molecule has 1 aromatic carbocycles. The third kappa shape index (κ3) is 7.07. The number of aromatic nitrogens is 2. The van der Waals surface area contributed by atoms with Gasteiger partial charge < -0.3 is 34.3 Å². The molecule has 2 amide bonds. The fourth-order valence-electron chi connectivity index (χ4n) is 3.92. The van der Waals surface area contributed by atoms with Gasteiger partial charge in [0.1, 0.15) is 23.6 Å². The van der Waals surface area contributed by atoms with Gasteiger partial charge in [-0.15, -0.1) is 0 Å². The highest BCUT2D eigenvalue weighted by Gasteiger charge is 2.28. The second-order valence-electron chi connectivity index (χ2n) is 11.2. The van der Waals surface area contributed by atoms with Gasteiger partial charge in [-0.2, -0.15) is 0 Å². The summed E-state index contributed by atoms with van der Waals surface area (Å²) in [6.07, 6.45) is 1.28. The zero-order valence-electron chi connectivity index (χ0n) is 23.1. The average Bonchev–Trinajstić information content (AvgIpc) is 3.26. The molecule has 0 saturated carbocycles. The first-order chi connectivity index (χ1) is 18.2. The molecule has 2 N–H and O–H groups in total. The third-order valence-electron chi connectivity index (χ3n) is 5.88. The predicted molar refractivity (Wildman–Crippen MR) is 151 cm³/mol. The molecule has 3 aromatic rings. The number of piperazine rings is 1. The highest BCUT2D eigenvalue weighted by atomic mass is 32.1. The van der Waals surface area contributed by atoms with E-state index in [4.69, 9.17) is 14.5 Å². The monoisotopic (exact) mass is 557 g/mol. The molecule has 39 heavy (non-hydrogen) atoms. The number of carbonyl (C=O) groups excluding carboxylic acids is 2. The zero-order chi connectivity index (χ0) is 28.5. The van der Waals surface area contributed by atoms with Crippen LogP contribution < -0.4 is 20.5 Å². The lowest BCUT2D eigenvalue weighted by molar-refractivity contribution is 0.0240. The molecule has 12 heteroatoms. The number of nitrogens with zero attached hydrogens (tertiary/aromatic N) is 4. The number of benzene rings is 1. The molecule has 1 fully saturated rings. The minimum atomic E-state index is -1.13. The van der Waals surface area contributed by atoms with Crippen molar-refractivity contribution in [2.45, 2.75) is 45.8 Å². The fraction of sp³-hybridized carbons (Fsp3) is 0.481. The van der Waals surface area contributed by atoms with E-state index in [2.05, 4.69) is 10.2 Å². The highest BCUT2D eigenvalue weighted by Crippen LogP contribution is 2.35. The van der Waals surface area contributed by atoms with E-state index in [-0.39, 0.29) is 35.3 Å². The van der Waals surface area contributed by atoms with Crippen LogP contribution in [0.4, 0.5) is 15.6 Å². The molecule has 1 aliphatic heterocycles. The van der Waals surface area contributed by atoms with Gasteiger partial charge in [-0.05, 0) is 52.8 Å². The number of amides is 2. The Morgan fingerprint density at radius 3 is 2.46 bits per heavy atom. The van der Waals surface area contributed by atoms with Gasteiger partial charge in [0.15, 0.2) is 5.13 Å². The largest absolute Gasteiger partial charge is 0.490 e. The van der Waals surface area contributed by atoms with Crippen molar-refractivity contribution >= 4 is 44.4 Å². The predicted octanol–water partition coefficient (Wildman–Crippen LogP) is 3.45. The van der Waals surface area contributed by atoms with E-state index in [0.29, 0.717) is 31.7 Å². The van der Waals surface area contributed by atoms with Crippen molar-refractivity contribution in [1.29, 1.82) is 0 Å². The number of carbonyl (C=O) groups is 2. The van der Waals surface area contributed by atoms with Gasteiger partial charge in [-0.1, -0.05) is 11.3 Å². The molecule has 3 heterocycles. The van der Waals surface area contributed by atoms with Crippen LogP contribution in [-0.4, -0.2) is 75.5 Å². The molecule has 0 spiro atoms. The molecule has 2 aromatic heterocycles. The van der Waals surface area contributed by atoms with Crippen molar-refractivity contribution in [1.82, 2.24) is 14.5 Å². The number of rotatable bonds is 6. The van der Waals surface area contributed by atoms with E-state index in [0.717, 1.165) is 9.83 Å². The van der Waals surface area contributed by atoms with Crippen LogP contribution in [0.1, 0.15) is 45.0 Å². The van der Waals surface area contributed by atoms with E-state index < -0.39 is 17.1 Å². The van der Waals surface area contributed by atoms with Crippen LogP contribution in [0, 0.1) is 0 Å². The van der Waals surface area contributed by atoms with Crippen molar-refractivity contribution in [3.63, 3.8) is 0 Å². The van der Waals surface area contributed by atoms with E-state index in [1.54, 1.807) is 50.2 Å². The standard InChI is InChI=1S/C27H35N5O6S/c1-26(2,3)38-25(35)32-12-10-31(11-13-32)24-29-19-15-20(37-16-27(4,5)36)17(14-21(19)39-24)22(33)28-18-8-7-9-30(6)23(18)34/h7-9,14-15,36H,10-13,16H2,1-6H3,(H,28,33). The minimum absolute atomic E-state index is 0.0461. The Balaban J connectivity index is 1.58. The minimum Gasteiger partial charge on any atom is -0.490 e. The summed E-state index contributed by atoms with van der Waals surface area (Å²) >= 11 is 1.43. The van der Waals surface area contributed by atoms with E-state index in [1.165, 1.54) is 22.0 Å². The summed E-state index contributed by atoms with van der Waals surface area (Å²) < 4.78 is 13.5. The number of thiazole rings is 1. The summed E-state index contributed by atoms with van der Waals surface area (Å²) in [6.45, 7) is 10.9. The molecule has 1 aliphatic rings. The average molecular weight is 558 g/mol. The molecule has 4 rings (SSSR count). The number of anilines is 2. The van der Waals surface area contributed by atoms with Gasteiger partial charge in [-0.25, -0.2) is 9.78 Å². The first kappa shape index (κ1) is 28.4. The number of aliphatic hydroxyl groups is 1. The van der Waals surface area contributed by atoms with Gasteiger partial charge in [0.2, 0.25) is 0 Å². The summed E-state index contributed by atoms with van der Waals surface area (Å²) in [5, 5.41) is 13.6. The van der Waals surface area contributed by atoms with Crippen LogP contribution in [0.2, 0.25) is 0 Å². The van der Waals surface area contributed by atoms with Crippen LogP contribution in [0.15, 0.2) is 35.3 Å². The molecule has 11 nitrogen and oxygen atoms in total. The lowest BCUT2D eigenvalue weighted by atomic mass is 10.1. The van der Waals surface area contributed by atoms with E-state index >= 15 is 0 Å². The zero-order valence-corrected chi connectivity index (χ0v) is 23.9. The number of aryl methyl sites for hydroxylation is 1. The van der Waals surface area contributed by atoms with Crippen molar-refractivity contribution < 1.29 is 24.2 Å². The van der Waals surface area contributed by atoms with Crippen LogP contribution in [0.25, 0.3) is 10.2 Å². The summed E-state index contributed by atoms with van der Waals surface area (Å²) in [5.74, 6) is -0.256. The second kappa shape index (κ2) is 10.9. The lowest BCUT2D eigenvalue weighted by Gasteiger charge is -2.35. The molecule has 1 saturated heterocycles. The molecule has 0 radical (unpaired) electrons. The lowest BCUT2D eigenvalue weighted by Crippen LogP contribution is -2.50. The Kier molecular flexibility index (Phi) is 7.89. The number of nitrogens with one attached hydrogen (secondary N) is 1. The van der Waals surface area contributed by atoms with Crippen LogP contribution in [0.5, 0.6) is 5.75 Å². The SMILES string of the molecule is Cn1cccc(NC(=O)c2cc3sc(N4CCN(C(=O)OC(C)(C)C)CC4)nc3cc2OCC(C)(C)O)c1=O. The summed E-state index contributed by atoms with van der Waals surface area (Å²) in [4.78, 5) is 46.7. The normalized spacial score (nSPS) is 14.4. The molecule has 0 bridgehead atoms. The summed E-state index contributed by atoms with van der Waals surface area (Å²) in [7, 11) is 1.61. The molecular formula is C27H35N5O6S. The third-order valence-corrected chi connectivity index (χ3v) is 6.96. The van der Waals surface area contributed by atoms with Crippen molar-refractivity contribution in [3.05, 3.63) is 46.4 Å². The number of hydrogen-bond donors (Lipinski definition) is 2. The molecule has 0 aliphatic carbocycles. The van der Waals surface area contributed by atoms with Crippen molar-refractivity contribution in [3.8, 4) is 5.75 Å². The van der Waals surface area contributed by atoms with E-state index in [1.807, 2.05) is 20.8 Å². The number of pyridine rings is 1. The number of hydrogen-bond acceptors (Lipinski definition) is 9. The van der Waals surface area contributed by atoms with Crippen LogP contribution >= 0.6 is 11.3 Å². The Morgan fingerprint density at radius 1 is 1.13 bits per heavy atom. The fourth-order valence-corrected chi connectivity index (χ4v) is 4.96. The van der Waals surface area contributed by atoms with Gasteiger partial charge in [-0.3, -0.25) is 9.59 Å². The first-order valence-corrected chi connectivity index (χ1v) is 13.5. The topological polar surface area (TPSA) is 126 Å². The smallest absolute Gasteiger partial charge is 0.410 e. The molecule has 0 atom stereocenters. The summed E-state index contributed by atoms with van der Waals surface area (Å²) in [5.41, 5.74) is -1.00. The van der Waals surface area contributed by atoms with Gasteiger partial charge in [0, 0.05) is 45.5 Å². The number of ether oxygens (including phenoxy) is 2. The molecule has 0 unspecified atom stereocenters. The van der Waals surface area contributed by atoms with Gasteiger partial charge in [0.25, 0.3) is 11.5 Å². The number of fused-ring (bicyclic) bond motifs is 1. The van der Waals surface area contributed by atoms with Crippen molar-refractivity contribution in [2.24, 2.45) is 7.05 Å². The second-order valence-corrected chi connectivity index (χ2v) is 12.2. The Bertz CT molecular complexity index is 1430. The van der Waals surface area contributed by atoms with E-state index in [9.17, 15) is 19.5 Å². The maximum absolute atomic E-state index is 13.3. The Hall–Kier alpha value is -3.64. The highest BCUT2D eigenvalue weighted by molar-refractivity contribution is 7.22. The van der Waals surface area contributed by atoms with Crippen molar-refractivity contribution in [2.75, 3.05) is 43.0 Å². The van der Waals surface area contributed by atoms with Gasteiger partial charge >= 0.3 is 6.09 Å². The Labute approximate surface area is 231 Å². The van der Waals surface area contributed by atoms with Crippen LogP contribution in [-0.2, 0) is 11.8 Å². The summed E-state index contributed by atoms with van der Waals surface area (Å²) in [6, 6.07) is 6.58. The first-order valence-electron chi connectivity index (χ1n) is 12.7. The Morgan fingerprint density at radius 2 is 1.82 bits per heavy atom. The molecule has 210 valence electrons. The molecular weight excluding hydrogens is 522 g/mol. The van der Waals surface area contributed by atoms with Gasteiger partial charge in [0.05, 0.1) is 21.4 Å². The quantitative estimate of drug-likeness (QED) is 0.472.